The van der Waals surface area contributed by atoms with Gasteiger partial charge in [-0.1, -0.05) is 38.3 Å². The van der Waals surface area contributed by atoms with Gasteiger partial charge in [0, 0.05) is 47.2 Å². The molecule has 4 rings (SSSR count). The van der Waals surface area contributed by atoms with Crippen LogP contribution in [0.2, 0.25) is 0 Å². The van der Waals surface area contributed by atoms with Gasteiger partial charge in [0.05, 0.1) is 0 Å². The molecule has 170 valence electrons. The van der Waals surface area contributed by atoms with Crippen LogP contribution in [0.4, 0.5) is 5.82 Å². The fraction of sp³-hybridized carbons (Fsp3) is 0.500. The van der Waals surface area contributed by atoms with E-state index >= 15 is 0 Å². The molecule has 32 heavy (non-hydrogen) atoms. The van der Waals surface area contributed by atoms with Crippen LogP contribution >= 0.6 is 0 Å². The van der Waals surface area contributed by atoms with Crippen LogP contribution in [0.5, 0.6) is 0 Å². The maximum absolute atomic E-state index is 12.8. The van der Waals surface area contributed by atoms with Crippen molar-refractivity contribution in [2.75, 3.05) is 5.73 Å². The lowest BCUT2D eigenvalue weighted by molar-refractivity contribution is 0.0496. The summed E-state index contributed by atoms with van der Waals surface area (Å²) in [6.45, 7) is 6.98. The van der Waals surface area contributed by atoms with Gasteiger partial charge in [-0.2, -0.15) is 0 Å². The summed E-state index contributed by atoms with van der Waals surface area (Å²) in [6.07, 6.45) is 9.26. The van der Waals surface area contributed by atoms with E-state index in [0.717, 1.165) is 17.3 Å². The second kappa shape index (κ2) is 9.82. The molecule has 1 aromatic carbocycles. The van der Waals surface area contributed by atoms with Crippen molar-refractivity contribution in [1.29, 1.82) is 0 Å². The molecule has 3 N–H and O–H groups in total. The lowest BCUT2D eigenvalue weighted by atomic mass is 9.88. The highest BCUT2D eigenvalue weighted by Gasteiger charge is 2.32. The summed E-state index contributed by atoms with van der Waals surface area (Å²) in [6, 6.07) is 11.5. The van der Waals surface area contributed by atoms with E-state index in [9.17, 15) is 4.79 Å². The lowest BCUT2D eigenvalue weighted by Gasteiger charge is -2.45. The summed E-state index contributed by atoms with van der Waals surface area (Å²) in [7, 11) is 0. The van der Waals surface area contributed by atoms with Gasteiger partial charge < -0.3 is 10.7 Å². The molecule has 3 aromatic rings. The summed E-state index contributed by atoms with van der Waals surface area (Å²) < 4.78 is 0. The Labute approximate surface area is 190 Å². The van der Waals surface area contributed by atoms with Crippen molar-refractivity contribution < 1.29 is 0 Å². The van der Waals surface area contributed by atoms with Gasteiger partial charge >= 0.3 is 0 Å². The predicted octanol–water partition coefficient (Wildman–Crippen LogP) is 4.99. The molecule has 1 saturated heterocycles. The second-order valence-corrected chi connectivity index (χ2v) is 9.24. The molecule has 0 amide bonds. The van der Waals surface area contributed by atoms with Crippen molar-refractivity contribution in [1.82, 2.24) is 19.9 Å². The van der Waals surface area contributed by atoms with Crippen molar-refractivity contribution in [3.63, 3.8) is 0 Å². The molecule has 3 unspecified atom stereocenters. The van der Waals surface area contributed by atoms with Gasteiger partial charge in [-0.25, -0.2) is 9.97 Å². The van der Waals surface area contributed by atoms with Gasteiger partial charge in [-0.05, 0) is 56.9 Å². The number of nitrogen functional groups attached to an aromatic ring is 1. The SMILES string of the molecule is CCCCC(c1cccc2[nH]c(=O)c(Cc3nccc(N)n3)cc12)N1C(C)CCCC1C. The van der Waals surface area contributed by atoms with Crippen LogP contribution in [0.15, 0.2) is 41.3 Å². The lowest BCUT2D eigenvalue weighted by Crippen LogP contribution is -2.46. The molecule has 1 fully saturated rings. The van der Waals surface area contributed by atoms with E-state index in [1.807, 2.05) is 12.1 Å². The molecular formula is C26H35N5O. The molecular weight excluding hydrogens is 398 g/mol. The van der Waals surface area contributed by atoms with E-state index in [4.69, 9.17) is 5.73 Å². The zero-order valence-electron chi connectivity index (χ0n) is 19.5. The quantitative estimate of drug-likeness (QED) is 0.548. The van der Waals surface area contributed by atoms with Gasteiger partial charge in [0.2, 0.25) is 0 Å². The molecule has 3 heterocycles. The van der Waals surface area contributed by atoms with Gasteiger partial charge in [0.15, 0.2) is 0 Å². The molecule has 2 aromatic heterocycles. The molecule has 0 bridgehead atoms. The highest BCUT2D eigenvalue weighted by molar-refractivity contribution is 5.83. The van der Waals surface area contributed by atoms with Crippen LogP contribution in [0.3, 0.4) is 0 Å². The monoisotopic (exact) mass is 433 g/mol. The van der Waals surface area contributed by atoms with Crippen LogP contribution in [-0.4, -0.2) is 31.9 Å². The third-order valence-electron chi connectivity index (χ3n) is 6.89. The fourth-order valence-corrected chi connectivity index (χ4v) is 5.31. The number of fused-ring (bicyclic) bond motifs is 1. The van der Waals surface area contributed by atoms with Crippen molar-refractivity contribution in [3.05, 3.63) is 63.8 Å². The minimum Gasteiger partial charge on any atom is -0.384 e. The maximum Gasteiger partial charge on any atom is 0.252 e. The number of hydrogen-bond acceptors (Lipinski definition) is 5. The minimum absolute atomic E-state index is 0.0921. The van der Waals surface area contributed by atoms with Crippen molar-refractivity contribution in [2.45, 2.75) is 83.8 Å². The first-order valence-corrected chi connectivity index (χ1v) is 12.0. The summed E-state index contributed by atoms with van der Waals surface area (Å²) in [5, 5.41) is 1.12. The number of benzene rings is 1. The summed E-state index contributed by atoms with van der Waals surface area (Å²) >= 11 is 0. The summed E-state index contributed by atoms with van der Waals surface area (Å²) in [5.74, 6) is 0.980. The largest absolute Gasteiger partial charge is 0.384 e. The number of anilines is 1. The van der Waals surface area contributed by atoms with Crippen LogP contribution in [-0.2, 0) is 6.42 Å². The molecule has 0 radical (unpaired) electrons. The number of rotatable bonds is 7. The van der Waals surface area contributed by atoms with E-state index in [-0.39, 0.29) is 5.56 Å². The topological polar surface area (TPSA) is 87.9 Å². The molecule has 6 heteroatoms. The Morgan fingerprint density at radius 2 is 2.00 bits per heavy atom. The van der Waals surface area contributed by atoms with E-state index < -0.39 is 0 Å². The van der Waals surface area contributed by atoms with Crippen LogP contribution < -0.4 is 11.3 Å². The Kier molecular flexibility index (Phi) is 6.89. The number of piperidine rings is 1. The third-order valence-corrected chi connectivity index (χ3v) is 6.89. The second-order valence-electron chi connectivity index (χ2n) is 9.24. The Morgan fingerprint density at radius 1 is 1.22 bits per heavy atom. The number of hydrogen-bond donors (Lipinski definition) is 2. The average molecular weight is 434 g/mol. The number of aromatic nitrogens is 3. The standard InChI is InChI=1S/C26H35N5O/c1-4-5-12-23(31-17(2)8-6-9-18(31)3)20-10-7-11-22-21(20)15-19(26(32)29-22)16-25-28-14-13-24(27)30-25/h7,10-11,13-15,17-18,23H,4-6,8-9,12,16H2,1-3H3,(H,29,32)(H2,27,28,30). The highest BCUT2D eigenvalue weighted by Crippen LogP contribution is 2.38. The number of nitrogens with zero attached hydrogens (tertiary/aromatic N) is 3. The van der Waals surface area contributed by atoms with E-state index in [0.29, 0.717) is 41.8 Å². The maximum atomic E-state index is 12.8. The summed E-state index contributed by atoms with van der Waals surface area (Å²) in [5.41, 5.74) is 8.60. The number of aromatic amines is 1. The van der Waals surface area contributed by atoms with Gasteiger partial charge in [0.25, 0.3) is 5.56 Å². The normalized spacial score (nSPS) is 20.5. The molecule has 0 saturated carbocycles. The highest BCUT2D eigenvalue weighted by atomic mass is 16.1. The zero-order valence-corrected chi connectivity index (χ0v) is 19.5. The first-order chi connectivity index (χ1) is 15.5. The molecule has 3 atom stereocenters. The Hall–Kier alpha value is -2.73. The van der Waals surface area contributed by atoms with Gasteiger partial charge in [0.1, 0.15) is 11.6 Å². The van der Waals surface area contributed by atoms with Crippen LogP contribution in [0.1, 0.15) is 82.3 Å². The number of nitrogens with two attached hydrogens (primary N) is 1. The number of H-pyrrole nitrogens is 1. The fourth-order valence-electron chi connectivity index (χ4n) is 5.31. The van der Waals surface area contributed by atoms with Crippen LogP contribution in [0, 0.1) is 0 Å². The molecule has 0 aliphatic carbocycles. The van der Waals surface area contributed by atoms with Crippen molar-refractivity contribution >= 4 is 16.7 Å². The van der Waals surface area contributed by atoms with Gasteiger partial charge in [-0.15, -0.1) is 0 Å². The Bertz CT molecular complexity index is 1110. The zero-order chi connectivity index (χ0) is 22.7. The average Bonchev–Trinajstić information content (AvgIpc) is 2.76. The number of unbranched alkanes of at least 4 members (excludes halogenated alkanes) is 1. The van der Waals surface area contributed by atoms with Crippen molar-refractivity contribution in [2.24, 2.45) is 0 Å². The first-order valence-electron chi connectivity index (χ1n) is 12.0. The van der Waals surface area contributed by atoms with Crippen molar-refractivity contribution in [3.8, 4) is 0 Å². The molecule has 1 aliphatic heterocycles. The first kappa shape index (κ1) is 22.5. The predicted molar refractivity (Wildman–Crippen MR) is 131 cm³/mol. The number of pyridine rings is 1. The Balaban J connectivity index is 1.79. The summed E-state index contributed by atoms with van der Waals surface area (Å²) in [4.78, 5) is 27.2. The van der Waals surface area contributed by atoms with E-state index in [1.54, 1.807) is 12.3 Å². The van der Waals surface area contributed by atoms with E-state index in [1.165, 1.54) is 37.7 Å². The smallest absolute Gasteiger partial charge is 0.252 e. The number of likely N-dealkylation sites (tertiary alicyclic amines) is 1. The third kappa shape index (κ3) is 4.70. The van der Waals surface area contributed by atoms with Crippen LogP contribution in [0.25, 0.3) is 10.9 Å². The minimum atomic E-state index is -0.0921. The van der Waals surface area contributed by atoms with Gasteiger partial charge in [-0.3, -0.25) is 9.69 Å². The number of nitrogens with one attached hydrogen (secondary N) is 1. The van der Waals surface area contributed by atoms with E-state index in [2.05, 4.69) is 52.8 Å². The molecule has 1 aliphatic rings. The Morgan fingerprint density at radius 3 is 2.72 bits per heavy atom. The molecule has 6 nitrogen and oxygen atoms in total. The molecule has 0 spiro atoms.